The highest BCUT2D eigenvalue weighted by Gasteiger charge is 2.20. The average molecular weight is 267 g/mol. The Bertz CT molecular complexity index is 377. The summed E-state index contributed by atoms with van der Waals surface area (Å²) in [6.45, 7) is 4.33. The molecule has 2 nitrogen and oxygen atoms in total. The molecule has 1 aliphatic carbocycles. The molecule has 100 valence electrons. The van der Waals surface area contributed by atoms with Crippen LogP contribution in [0.25, 0.3) is 0 Å². The molecule has 1 aliphatic rings. The van der Waals surface area contributed by atoms with Crippen molar-refractivity contribution in [2.45, 2.75) is 44.8 Å². The van der Waals surface area contributed by atoms with E-state index in [1.807, 2.05) is 18.2 Å². The van der Waals surface area contributed by atoms with E-state index < -0.39 is 0 Å². The zero-order valence-electron chi connectivity index (χ0n) is 11.3. The van der Waals surface area contributed by atoms with Crippen molar-refractivity contribution in [3.63, 3.8) is 0 Å². The van der Waals surface area contributed by atoms with Crippen LogP contribution < -0.4 is 5.32 Å². The lowest BCUT2D eigenvalue weighted by Gasteiger charge is -2.25. The van der Waals surface area contributed by atoms with E-state index in [9.17, 15) is 0 Å². The minimum absolute atomic E-state index is 0.576. The van der Waals surface area contributed by atoms with Crippen molar-refractivity contribution in [1.82, 2.24) is 10.2 Å². The predicted octanol–water partition coefficient (Wildman–Crippen LogP) is 3.30. The molecule has 1 saturated carbocycles. The number of halogens is 1. The summed E-state index contributed by atoms with van der Waals surface area (Å²) in [5.41, 5.74) is 1.21. The Kier molecular flexibility index (Phi) is 5.04. The Morgan fingerprint density at radius 2 is 2.11 bits per heavy atom. The second-order valence-corrected chi connectivity index (χ2v) is 5.78. The van der Waals surface area contributed by atoms with Gasteiger partial charge in [-0.1, -0.05) is 29.8 Å². The van der Waals surface area contributed by atoms with E-state index in [0.717, 1.165) is 24.2 Å². The van der Waals surface area contributed by atoms with Gasteiger partial charge in [0.2, 0.25) is 0 Å². The zero-order valence-corrected chi connectivity index (χ0v) is 12.1. The van der Waals surface area contributed by atoms with E-state index >= 15 is 0 Å². The predicted molar refractivity (Wildman–Crippen MR) is 78.0 cm³/mol. The molecule has 0 aromatic heterocycles. The number of nitrogens with one attached hydrogen (secondary N) is 1. The monoisotopic (exact) mass is 266 g/mol. The largest absolute Gasteiger partial charge is 0.314 e. The third-order valence-electron chi connectivity index (χ3n) is 3.70. The smallest absolute Gasteiger partial charge is 0.0451 e. The van der Waals surface area contributed by atoms with Crippen LogP contribution in [0.15, 0.2) is 24.3 Å². The van der Waals surface area contributed by atoms with Crippen LogP contribution >= 0.6 is 11.6 Å². The fourth-order valence-corrected chi connectivity index (χ4v) is 2.25. The van der Waals surface area contributed by atoms with Crippen LogP contribution in [0, 0.1) is 0 Å². The van der Waals surface area contributed by atoms with Crippen molar-refractivity contribution >= 4 is 11.6 Å². The molecule has 3 heteroatoms. The van der Waals surface area contributed by atoms with E-state index in [1.54, 1.807) is 0 Å². The van der Waals surface area contributed by atoms with Gasteiger partial charge in [0.1, 0.15) is 0 Å². The number of rotatable bonds is 7. The molecule has 0 amide bonds. The van der Waals surface area contributed by atoms with E-state index in [1.165, 1.54) is 24.8 Å². The van der Waals surface area contributed by atoms with Gasteiger partial charge in [0, 0.05) is 23.7 Å². The highest BCUT2D eigenvalue weighted by Crippen LogP contribution is 2.19. The summed E-state index contributed by atoms with van der Waals surface area (Å²) < 4.78 is 0. The third kappa shape index (κ3) is 4.27. The standard InChI is InChI=1S/C15H23ClN2/c1-12(9-10-17-14-7-8-14)18(2)11-13-5-3-4-6-15(13)16/h3-6,12,14,17H,7-11H2,1-2H3. The first kappa shape index (κ1) is 13.9. The number of hydrogen-bond acceptors (Lipinski definition) is 2. The average Bonchev–Trinajstić information content (AvgIpc) is 3.16. The van der Waals surface area contributed by atoms with Crippen LogP contribution in [0.2, 0.25) is 5.02 Å². The highest BCUT2D eigenvalue weighted by molar-refractivity contribution is 6.31. The summed E-state index contributed by atoms with van der Waals surface area (Å²) in [7, 11) is 2.17. The van der Waals surface area contributed by atoms with Gasteiger partial charge in [-0.3, -0.25) is 4.90 Å². The molecule has 0 aliphatic heterocycles. The van der Waals surface area contributed by atoms with Gasteiger partial charge in [-0.25, -0.2) is 0 Å². The quantitative estimate of drug-likeness (QED) is 0.815. The van der Waals surface area contributed by atoms with E-state index in [-0.39, 0.29) is 0 Å². The normalized spacial score (nSPS) is 17.1. The van der Waals surface area contributed by atoms with Crippen molar-refractivity contribution in [2.24, 2.45) is 0 Å². The number of benzene rings is 1. The first-order valence-electron chi connectivity index (χ1n) is 6.84. The molecule has 1 aromatic carbocycles. The zero-order chi connectivity index (χ0) is 13.0. The third-order valence-corrected chi connectivity index (χ3v) is 4.07. The number of nitrogens with zero attached hydrogens (tertiary/aromatic N) is 1. The molecule has 1 aromatic rings. The second-order valence-electron chi connectivity index (χ2n) is 5.37. The highest BCUT2D eigenvalue weighted by atomic mass is 35.5. The van der Waals surface area contributed by atoms with Gasteiger partial charge in [-0.15, -0.1) is 0 Å². The Hall–Kier alpha value is -0.570. The summed E-state index contributed by atoms with van der Waals surface area (Å²) in [5.74, 6) is 0. The minimum atomic E-state index is 0.576. The molecule has 0 radical (unpaired) electrons. The maximum atomic E-state index is 6.19. The molecule has 0 heterocycles. The Balaban J connectivity index is 1.75. The number of hydrogen-bond donors (Lipinski definition) is 1. The SMILES string of the molecule is CC(CCNC1CC1)N(C)Cc1ccccc1Cl. The summed E-state index contributed by atoms with van der Waals surface area (Å²) >= 11 is 6.19. The topological polar surface area (TPSA) is 15.3 Å². The van der Waals surface area contributed by atoms with Crippen molar-refractivity contribution in [2.75, 3.05) is 13.6 Å². The van der Waals surface area contributed by atoms with E-state index in [0.29, 0.717) is 6.04 Å². The molecule has 1 atom stereocenters. The van der Waals surface area contributed by atoms with Crippen molar-refractivity contribution < 1.29 is 0 Å². The summed E-state index contributed by atoms with van der Waals surface area (Å²) in [4.78, 5) is 2.37. The van der Waals surface area contributed by atoms with Gasteiger partial charge >= 0.3 is 0 Å². The van der Waals surface area contributed by atoms with Crippen molar-refractivity contribution in [3.8, 4) is 0 Å². The molecule has 1 fully saturated rings. The van der Waals surface area contributed by atoms with Crippen LogP contribution in [0.4, 0.5) is 0 Å². The fraction of sp³-hybridized carbons (Fsp3) is 0.600. The maximum absolute atomic E-state index is 6.19. The summed E-state index contributed by atoms with van der Waals surface area (Å²) in [5, 5.41) is 4.43. The van der Waals surface area contributed by atoms with Crippen molar-refractivity contribution in [3.05, 3.63) is 34.9 Å². The summed E-state index contributed by atoms with van der Waals surface area (Å²) in [6.07, 6.45) is 3.92. The lowest BCUT2D eigenvalue weighted by Crippen LogP contribution is -2.32. The van der Waals surface area contributed by atoms with Crippen LogP contribution in [0.3, 0.4) is 0 Å². The van der Waals surface area contributed by atoms with Crippen LogP contribution in [-0.4, -0.2) is 30.6 Å². The first-order chi connectivity index (χ1) is 8.66. The van der Waals surface area contributed by atoms with Gasteiger partial charge in [0.15, 0.2) is 0 Å². The summed E-state index contributed by atoms with van der Waals surface area (Å²) in [6, 6.07) is 9.49. The Morgan fingerprint density at radius 3 is 2.78 bits per heavy atom. The van der Waals surface area contributed by atoms with Gasteiger partial charge in [0.05, 0.1) is 0 Å². The van der Waals surface area contributed by atoms with Crippen LogP contribution in [-0.2, 0) is 6.54 Å². The van der Waals surface area contributed by atoms with Gasteiger partial charge in [0.25, 0.3) is 0 Å². The molecule has 0 saturated heterocycles. The second kappa shape index (κ2) is 6.55. The molecular weight excluding hydrogens is 244 g/mol. The molecular formula is C15H23ClN2. The van der Waals surface area contributed by atoms with E-state index in [4.69, 9.17) is 11.6 Å². The molecule has 1 unspecified atom stereocenters. The Morgan fingerprint density at radius 1 is 1.39 bits per heavy atom. The van der Waals surface area contributed by atoms with Crippen molar-refractivity contribution in [1.29, 1.82) is 0 Å². The lowest BCUT2D eigenvalue weighted by molar-refractivity contribution is 0.236. The molecule has 0 spiro atoms. The molecule has 2 rings (SSSR count). The molecule has 18 heavy (non-hydrogen) atoms. The van der Waals surface area contributed by atoms with Gasteiger partial charge in [-0.05, 0) is 51.4 Å². The van der Waals surface area contributed by atoms with Crippen LogP contribution in [0.1, 0.15) is 31.7 Å². The fourth-order valence-electron chi connectivity index (χ4n) is 2.06. The Labute approximate surface area is 115 Å². The minimum Gasteiger partial charge on any atom is -0.314 e. The maximum Gasteiger partial charge on any atom is 0.0451 e. The lowest BCUT2D eigenvalue weighted by atomic mass is 10.1. The molecule has 0 bridgehead atoms. The van der Waals surface area contributed by atoms with Gasteiger partial charge < -0.3 is 5.32 Å². The van der Waals surface area contributed by atoms with E-state index in [2.05, 4.69) is 30.3 Å². The molecule has 1 N–H and O–H groups in total. The first-order valence-corrected chi connectivity index (χ1v) is 7.21. The van der Waals surface area contributed by atoms with Crippen LogP contribution in [0.5, 0.6) is 0 Å². The van der Waals surface area contributed by atoms with Gasteiger partial charge in [-0.2, -0.15) is 0 Å².